The van der Waals surface area contributed by atoms with Gasteiger partial charge in [0.1, 0.15) is 4.90 Å². The van der Waals surface area contributed by atoms with Crippen LogP contribution in [0.25, 0.3) is 0 Å². The van der Waals surface area contributed by atoms with Crippen LogP contribution in [-0.4, -0.2) is 41.5 Å². The van der Waals surface area contributed by atoms with Crippen LogP contribution < -0.4 is 5.73 Å². The first-order valence-corrected chi connectivity index (χ1v) is 6.52. The van der Waals surface area contributed by atoms with Gasteiger partial charge in [-0.2, -0.15) is 9.40 Å². The van der Waals surface area contributed by atoms with Crippen molar-refractivity contribution in [1.82, 2.24) is 14.5 Å². The monoisotopic (exact) mass is 246 g/mol. The highest BCUT2D eigenvalue weighted by Crippen LogP contribution is 2.22. The second kappa shape index (κ2) is 4.52. The van der Waals surface area contributed by atoms with Crippen molar-refractivity contribution in [2.75, 3.05) is 13.1 Å². The third-order valence-corrected chi connectivity index (χ3v) is 4.67. The summed E-state index contributed by atoms with van der Waals surface area (Å²) < 4.78 is 25.9. The van der Waals surface area contributed by atoms with Crippen LogP contribution >= 0.6 is 0 Å². The van der Waals surface area contributed by atoms with Crippen molar-refractivity contribution in [3.8, 4) is 0 Å². The highest BCUT2D eigenvalue weighted by Gasteiger charge is 2.35. The Bertz CT molecular complexity index is 424. The Hall–Kier alpha value is -0.920. The molecule has 1 aromatic rings. The van der Waals surface area contributed by atoms with Gasteiger partial charge in [0, 0.05) is 24.8 Å². The summed E-state index contributed by atoms with van der Waals surface area (Å²) in [7, 11) is -3.52. The third-order valence-electron chi connectivity index (χ3n) is 2.52. The number of aromatic nitrogens is 2. The van der Waals surface area contributed by atoms with Gasteiger partial charge in [-0.05, 0) is 13.8 Å². The maximum Gasteiger partial charge on any atom is 0.246 e. The Kier molecular flexibility index (Phi) is 3.72. The molecule has 0 saturated heterocycles. The fourth-order valence-electron chi connectivity index (χ4n) is 1.53. The molecule has 0 saturated carbocycles. The predicted octanol–water partition coefficient (Wildman–Crippen LogP) is 0.158. The molecule has 1 aromatic heterocycles. The zero-order valence-electron chi connectivity index (χ0n) is 9.77. The lowest BCUT2D eigenvalue weighted by atomic mass is 10.1. The van der Waals surface area contributed by atoms with Crippen molar-refractivity contribution in [2.45, 2.75) is 31.2 Å². The van der Waals surface area contributed by atoms with E-state index in [1.54, 1.807) is 20.8 Å². The number of hydrogen-bond acceptors (Lipinski definition) is 4. The van der Waals surface area contributed by atoms with Crippen LogP contribution in [0.3, 0.4) is 0 Å². The molecule has 6 nitrogen and oxygen atoms in total. The van der Waals surface area contributed by atoms with Gasteiger partial charge in [0.15, 0.2) is 0 Å². The van der Waals surface area contributed by atoms with E-state index in [1.165, 1.54) is 16.7 Å². The minimum absolute atomic E-state index is 0.163. The van der Waals surface area contributed by atoms with Crippen LogP contribution in [0.5, 0.6) is 0 Å². The smallest absolute Gasteiger partial charge is 0.246 e. The molecule has 3 N–H and O–H groups in total. The summed E-state index contributed by atoms with van der Waals surface area (Å²) in [5.41, 5.74) is 5.00. The van der Waals surface area contributed by atoms with Crippen LogP contribution in [-0.2, 0) is 10.0 Å². The molecule has 92 valence electrons. The van der Waals surface area contributed by atoms with E-state index in [4.69, 9.17) is 5.73 Å². The number of aromatic amines is 1. The minimum atomic E-state index is -3.52. The third kappa shape index (κ3) is 2.26. The Labute approximate surface area is 95.9 Å². The highest BCUT2D eigenvalue weighted by molar-refractivity contribution is 7.89. The van der Waals surface area contributed by atoms with Crippen LogP contribution in [0.15, 0.2) is 17.3 Å². The van der Waals surface area contributed by atoms with Gasteiger partial charge in [0.05, 0.1) is 6.20 Å². The van der Waals surface area contributed by atoms with Crippen LogP contribution in [0.2, 0.25) is 0 Å². The topological polar surface area (TPSA) is 92.1 Å². The van der Waals surface area contributed by atoms with Gasteiger partial charge in [-0.25, -0.2) is 8.42 Å². The van der Waals surface area contributed by atoms with Gasteiger partial charge in [-0.3, -0.25) is 5.10 Å². The molecule has 0 aliphatic rings. The summed E-state index contributed by atoms with van der Waals surface area (Å²) in [5.74, 6) is 0. The number of rotatable bonds is 5. The second-order valence-electron chi connectivity index (χ2n) is 4.12. The van der Waals surface area contributed by atoms with Gasteiger partial charge in [0.25, 0.3) is 0 Å². The van der Waals surface area contributed by atoms with Crippen molar-refractivity contribution in [2.24, 2.45) is 5.73 Å². The molecule has 1 heterocycles. The SMILES string of the molecule is CCN(C(C)(C)CN)S(=O)(=O)c1cn[nH]c1. The van der Waals surface area contributed by atoms with Crippen LogP contribution in [0.1, 0.15) is 20.8 Å². The summed E-state index contributed by atoms with van der Waals surface area (Å²) in [6.45, 7) is 6.02. The van der Waals surface area contributed by atoms with E-state index in [9.17, 15) is 8.42 Å². The lowest BCUT2D eigenvalue weighted by Gasteiger charge is -2.35. The standard InChI is InChI=1S/C9H18N4O2S/c1-4-13(9(2,3)7-10)16(14,15)8-5-11-12-6-8/h5-6H,4,7,10H2,1-3H3,(H,11,12). The average Bonchev–Trinajstić information content (AvgIpc) is 2.71. The quantitative estimate of drug-likeness (QED) is 0.774. The molecule has 0 atom stereocenters. The first-order chi connectivity index (χ1) is 7.36. The molecule has 0 radical (unpaired) electrons. The van der Waals surface area contributed by atoms with Crippen LogP contribution in [0, 0.1) is 0 Å². The Morgan fingerprint density at radius 3 is 2.56 bits per heavy atom. The number of sulfonamides is 1. The van der Waals surface area contributed by atoms with Gasteiger partial charge in [-0.1, -0.05) is 6.92 Å². The molecule has 0 unspecified atom stereocenters. The fourth-order valence-corrected chi connectivity index (χ4v) is 3.24. The molecule has 16 heavy (non-hydrogen) atoms. The molecule has 7 heteroatoms. The van der Waals surface area contributed by atoms with Crippen LogP contribution in [0.4, 0.5) is 0 Å². The molecule has 0 fully saturated rings. The maximum atomic E-state index is 12.2. The van der Waals surface area contributed by atoms with E-state index >= 15 is 0 Å². The predicted molar refractivity (Wildman–Crippen MR) is 61.3 cm³/mol. The van der Waals surface area contributed by atoms with E-state index in [2.05, 4.69) is 10.2 Å². The zero-order chi connectivity index (χ0) is 12.4. The summed E-state index contributed by atoms with van der Waals surface area (Å²) in [6, 6.07) is 0. The van der Waals surface area contributed by atoms with E-state index in [-0.39, 0.29) is 11.4 Å². The fraction of sp³-hybridized carbons (Fsp3) is 0.667. The number of H-pyrrole nitrogens is 1. The first kappa shape index (κ1) is 13.1. The number of hydrogen-bond donors (Lipinski definition) is 2. The van der Waals surface area contributed by atoms with E-state index < -0.39 is 15.6 Å². The molecule has 0 aromatic carbocycles. The normalized spacial score (nSPS) is 13.3. The summed E-state index contributed by atoms with van der Waals surface area (Å²) >= 11 is 0. The Morgan fingerprint density at radius 2 is 2.19 bits per heavy atom. The minimum Gasteiger partial charge on any atom is -0.329 e. The second-order valence-corrected chi connectivity index (χ2v) is 5.98. The molecule has 0 spiro atoms. The Morgan fingerprint density at radius 1 is 1.56 bits per heavy atom. The molecule has 0 bridgehead atoms. The number of nitrogens with zero attached hydrogens (tertiary/aromatic N) is 2. The maximum absolute atomic E-state index is 12.2. The Balaban J connectivity index is 3.16. The molecular weight excluding hydrogens is 228 g/mol. The molecular formula is C9H18N4O2S. The largest absolute Gasteiger partial charge is 0.329 e. The van der Waals surface area contributed by atoms with E-state index in [0.29, 0.717) is 6.54 Å². The molecule has 0 aliphatic heterocycles. The highest BCUT2D eigenvalue weighted by atomic mass is 32.2. The average molecular weight is 246 g/mol. The van der Waals surface area contributed by atoms with Gasteiger partial charge >= 0.3 is 0 Å². The molecule has 0 amide bonds. The van der Waals surface area contributed by atoms with Crippen molar-refractivity contribution >= 4 is 10.0 Å². The van der Waals surface area contributed by atoms with Crippen molar-refractivity contribution < 1.29 is 8.42 Å². The van der Waals surface area contributed by atoms with Crippen molar-refractivity contribution in [3.63, 3.8) is 0 Å². The van der Waals surface area contributed by atoms with Gasteiger partial charge < -0.3 is 5.73 Å². The first-order valence-electron chi connectivity index (χ1n) is 5.08. The van der Waals surface area contributed by atoms with Crippen molar-refractivity contribution in [1.29, 1.82) is 0 Å². The van der Waals surface area contributed by atoms with E-state index in [1.807, 2.05) is 0 Å². The van der Waals surface area contributed by atoms with Gasteiger partial charge in [0.2, 0.25) is 10.0 Å². The van der Waals surface area contributed by atoms with Crippen molar-refractivity contribution in [3.05, 3.63) is 12.4 Å². The number of nitrogens with two attached hydrogens (primary N) is 1. The zero-order valence-corrected chi connectivity index (χ0v) is 10.6. The lowest BCUT2D eigenvalue weighted by Crippen LogP contribution is -2.51. The van der Waals surface area contributed by atoms with E-state index in [0.717, 1.165) is 0 Å². The van der Waals surface area contributed by atoms with Gasteiger partial charge in [-0.15, -0.1) is 0 Å². The molecule has 1 rings (SSSR count). The lowest BCUT2D eigenvalue weighted by molar-refractivity contribution is 0.244. The summed E-state index contributed by atoms with van der Waals surface area (Å²) in [4.78, 5) is 0.163. The number of nitrogens with one attached hydrogen (secondary N) is 1. The summed E-state index contributed by atoms with van der Waals surface area (Å²) in [6.07, 6.45) is 2.66. The molecule has 0 aliphatic carbocycles. The summed E-state index contributed by atoms with van der Waals surface area (Å²) in [5, 5.41) is 6.15. The number of likely N-dealkylation sites (N-methyl/N-ethyl adjacent to an activating group) is 1.